The molecule has 1 atom stereocenters. The molecule has 78 valence electrons. The summed E-state index contributed by atoms with van der Waals surface area (Å²) in [5.41, 5.74) is 0. The molecule has 1 unspecified atom stereocenters. The Morgan fingerprint density at radius 3 is 2.71 bits per heavy atom. The van der Waals surface area contributed by atoms with Crippen molar-refractivity contribution in [3.63, 3.8) is 0 Å². The topological polar surface area (TPSA) is 82.1 Å². The third-order valence-corrected chi connectivity index (χ3v) is 1.77. The lowest BCUT2D eigenvalue weighted by Gasteiger charge is -2.10. The maximum Gasteiger partial charge on any atom is 0.377 e. The van der Waals surface area contributed by atoms with E-state index in [9.17, 15) is 9.59 Å². The Morgan fingerprint density at radius 2 is 2.21 bits per heavy atom. The van der Waals surface area contributed by atoms with E-state index in [1.54, 1.807) is 0 Å². The van der Waals surface area contributed by atoms with Crippen molar-refractivity contribution >= 4 is 11.9 Å². The van der Waals surface area contributed by atoms with Gasteiger partial charge in [-0.2, -0.15) is 0 Å². The number of carbonyl (C=O) groups is 2. The summed E-state index contributed by atoms with van der Waals surface area (Å²) in [4.78, 5) is 21.7. The number of cyclic esters (lactones) is 1. The first-order valence-electron chi connectivity index (χ1n) is 3.85. The van der Waals surface area contributed by atoms with Crippen LogP contribution < -0.4 is 0 Å². The largest absolute Gasteiger partial charge is 0.499 e. The lowest BCUT2D eigenvalue weighted by molar-refractivity contribution is -0.148. The minimum Gasteiger partial charge on any atom is -0.499 e. The standard InChI is InChI=1S/C8H10O6/c1-12-5(9)3-4-7(13-2)6(10)8(11)14-4/h4,10H,3H2,1-2H3. The molecule has 14 heavy (non-hydrogen) atoms. The van der Waals surface area contributed by atoms with Crippen LogP contribution in [0.2, 0.25) is 0 Å². The summed E-state index contributed by atoms with van der Waals surface area (Å²) in [6, 6.07) is 0. The summed E-state index contributed by atoms with van der Waals surface area (Å²) in [7, 11) is 2.49. The first-order chi connectivity index (χ1) is 6.60. The van der Waals surface area contributed by atoms with E-state index in [1.807, 2.05) is 0 Å². The van der Waals surface area contributed by atoms with Crippen molar-refractivity contribution < 1.29 is 28.9 Å². The molecule has 0 aromatic rings. The van der Waals surface area contributed by atoms with Crippen molar-refractivity contribution in [3.8, 4) is 0 Å². The lowest BCUT2D eigenvalue weighted by Crippen LogP contribution is -2.18. The highest BCUT2D eigenvalue weighted by atomic mass is 16.6. The van der Waals surface area contributed by atoms with E-state index in [-0.39, 0.29) is 12.2 Å². The monoisotopic (exact) mass is 202 g/mol. The summed E-state index contributed by atoms with van der Waals surface area (Å²) in [6.45, 7) is 0. The molecule has 0 bridgehead atoms. The van der Waals surface area contributed by atoms with Gasteiger partial charge in [0.25, 0.3) is 0 Å². The number of ether oxygens (including phenoxy) is 3. The van der Waals surface area contributed by atoms with E-state index >= 15 is 0 Å². The highest BCUT2D eigenvalue weighted by Crippen LogP contribution is 2.23. The van der Waals surface area contributed by atoms with Crippen LogP contribution in [0.4, 0.5) is 0 Å². The quantitative estimate of drug-likeness (QED) is 0.643. The molecule has 1 heterocycles. The lowest BCUT2D eigenvalue weighted by atomic mass is 10.2. The van der Waals surface area contributed by atoms with Gasteiger partial charge in [0, 0.05) is 0 Å². The maximum atomic E-state index is 10.9. The number of esters is 2. The minimum absolute atomic E-state index is 0.0413. The third-order valence-electron chi connectivity index (χ3n) is 1.77. The molecule has 0 fully saturated rings. The molecule has 0 aromatic heterocycles. The summed E-state index contributed by atoms with van der Waals surface area (Å²) in [5.74, 6) is -2.08. The predicted molar refractivity (Wildman–Crippen MR) is 43.2 cm³/mol. The van der Waals surface area contributed by atoms with Crippen molar-refractivity contribution in [1.82, 2.24) is 0 Å². The summed E-state index contributed by atoms with van der Waals surface area (Å²) in [6.07, 6.45) is -1.06. The van der Waals surface area contributed by atoms with E-state index < -0.39 is 23.8 Å². The highest BCUT2D eigenvalue weighted by Gasteiger charge is 2.37. The van der Waals surface area contributed by atoms with Crippen molar-refractivity contribution in [2.24, 2.45) is 0 Å². The molecule has 6 heteroatoms. The first kappa shape index (κ1) is 10.4. The van der Waals surface area contributed by atoms with Gasteiger partial charge in [-0.15, -0.1) is 0 Å². The van der Waals surface area contributed by atoms with Gasteiger partial charge in [-0.25, -0.2) is 4.79 Å². The molecular formula is C8H10O6. The zero-order valence-corrected chi connectivity index (χ0v) is 7.77. The molecule has 6 nitrogen and oxygen atoms in total. The number of aliphatic hydroxyl groups is 1. The van der Waals surface area contributed by atoms with Gasteiger partial charge in [-0.1, -0.05) is 0 Å². The second-order valence-electron chi connectivity index (χ2n) is 2.59. The molecule has 0 spiro atoms. The van der Waals surface area contributed by atoms with E-state index in [0.29, 0.717) is 0 Å². The Labute approximate surface area is 80.1 Å². The van der Waals surface area contributed by atoms with E-state index in [1.165, 1.54) is 14.2 Å². The van der Waals surface area contributed by atoms with Gasteiger partial charge in [0.1, 0.15) is 0 Å². The first-order valence-corrected chi connectivity index (χ1v) is 3.85. The molecule has 0 aliphatic carbocycles. The molecule has 1 rings (SSSR count). The van der Waals surface area contributed by atoms with E-state index in [4.69, 9.17) is 9.84 Å². The molecule has 0 saturated carbocycles. The zero-order chi connectivity index (χ0) is 10.7. The Hall–Kier alpha value is -1.72. The average molecular weight is 202 g/mol. The Morgan fingerprint density at radius 1 is 1.57 bits per heavy atom. The van der Waals surface area contributed by atoms with Gasteiger partial charge in [0.15, 0.2) is 11.9 Å². The zero-order valence-electron chi connectivity index (χ0n) is 7.77. The molecule has 1 N–H and O–H groups in total. The van der Waals surface area contributed by atoms with Crippen LogP contribution in [0, 0.1) is 0 Å². The number of methoxy groups -OCH3 is 2. The summed E-state index contributed by atoms with van der Waals surface area (Å²) < 4.78 is 13.8. The molecule has 0 aromatic carbocycles. The van der Waals surface area contributed by atoms with Crippen LogP contribution in [0.25, 0.3) is 0 Å². The van der Waals surface area contributed by atoms with Crippen LogP contribution in [0.1, 0.15) is 6.42 Å². The fourth-order valence-electron chi connectivity index (χ4n) is 1.09. The molecule has 0 saturated heterocycles. The van der Waals surface area contributed by atoms with Gasteiger partial charge in [-0.05, 0) is 0 Å². The van der Waals surface area contributed by atoms with Gasteiger partial charge in [0.05, 0.1) is 20.6 Å². The van der Waals surface area contributed by atoms with Crippen LogP contribution >= 0.6 is 0 Å². The molecule has 1 aliphatic heterocycles. The Balaban J connectivity index is 2.74. The summed E-state index contributed by atoms with van der Waals surface area (Å²) >= 11 is 0. The fourth-order valence-corrected chi connectivity index (χ4v) is 1.09. The normalized spacial score (nSPS) is 20.7. The van der Waals surface area contributed by atoms with Crippen molar-refractivity contribution in [3.05, 3.63) is 11.5 Å². The average Bonchev–Trinajstić information content (AvgIpc) is 2.42. The number of hydrogen-bond donors (Lipinski definition) is 1. The number of aliphatic hydroxyl groups excluding tert-OH is 1. The second-order valence-corrected chi connectivity index (χ2v) is 2.59. The molecular weight excluding hydrogens is 192 g/mol. The van der Waals surface area contributed by atoms with E-state index in [0.717, 1.165) is 0 Å². The van der Waals surface area contributed by atoms with Crippen LogP contribution in [0.15, 0.2) is 11.5 Å². The van der Waals surface area contributed by atoms with Crippen LogP contribution in [-0.2, 0) is 23.8 Å². The molecule has 0 radical (unpaired) electrons. The van der Waals surface area contributed by atoms with Crippen molar-refractivity contribution in [2.45, 2.75) is 12.5 Å². The van der Waals surface area contributed by atoms with Gasteiger partial charge >= 0.3 is 11.9 Å². The van der Waals surface area contributed by atoms with Gasteiger partial charge in [0.2, 0.25) is 5.76 Å². The number of carbonyl (C=O) groups excluding carboxylic acids is 2. The number of hydrogen-bond acceptors (Lipinski definition) is 6. The van der Waals surface area contributed by atoms with Crippen molar-refractivity contribution in [2.75, 3.05) is 14.2 Å². The predicted octanol–water partition coefficient (Wildman–Crippen LogP) is -0.109. The Bertz CT molecular complexity index is 292. The smallest absolute Gasteiger partial charge is 0.377 e. The van der Waals surface area contributed by atoms with Crippen LogP contribution in [0.5, 0.6) is 0 Å². The van der Waals surface area contributed by atoms with Crippen molar-refractivity contribution in [1.29, 1.82) is 0 Å². The van der Waals surface area contributed by atoms with Crippen LogP contribution in [-0.4, -0.2) is 37.4 Å². The van der Waals surface area contributed by atoms with E-state index in [2.05, 4.69) is 9.47 Å². The maximum absolute atomic E-state index is 10.9. The third kappa shape index (κ3) is 1.78. The molecule has 0 amide bonds. The molecule has 1 aliphatic rings. The van der Waals surface area contributed by atoms with Gasteiger partial charge in [-0.3, -0.25) is 4.79 Å². The summed E-state index contributed by atoms with van der Waals surface area (Å²) in [5, 5.41) is 9.14. The van der Waals surface area contributed by atoms with Crippen LogP contribution in [0.3, 0.4) is 0 Å². The second kappa shape index (κ2) is 3.99. The van der Waals surface area contributed by atoms with Gasteiger partial charge < -0.3 is 19.3 Å². The fraction of sp³-hybridized carbons (Fsp3) is 0.500. The highest BCUT2D eigenvalue weighted by molar-refractivity contribution is 5.89. The minimum atomic E-state index is -0.893. The SMILES string of the molecule is COC(=O)CC1OC(=O)C(O)=C1OC. The Kier molecular flexibility index (Phi) is 2.95. The number of rotatable bonds is 3.